The number of hydrogen-bond donors (Lipinski definition) is 1. The van der Waals surface area contributed by atoms with Crippen molar-refractivity contribution in [2.75, 3.05) is 19.7 Å². The van der Waals surface area contributed by atoms with Gasteiger partial charge in [0.1, 0.15) is 12.4 Å². The van der Waals surface area contributed by atoms with E-state index >= 15 is 0 Å². The van der Waals surface area contributed by atoms with Crippen LogP contribution in [-0.4, -0.2) is 35.2 Å². The van der Waals surface area contributed by atoms with Gasteiger partial charge in [-0.05, 0) is 51.1 Å². The van der Waals surface area contributed by atoms with E-state index < -0.39 is 0 Å². The molecule has 5 heteroatoms. The number of aryl methyl sites for hydroxylation is 1. The Bertz CT molecular complexity index is 699. The first-order valence-electron chi connectivity index (χ1n) is 7.68. The SMILES string of the molecule is C=CCOC(=O)c1ccc2c(c1)nc(C)n2C1CCNCC1. The lowest BCUT2D eigenvalue weighted by Gasteiger charge is -2.25. The second-order valence-electron chi connectivity index (χ2n) is 5.60. The Morgan fingerprint density at radius 1 is 1.50 bits per heavy atom. The van der Waals surface area contributed by atoms with Crippen molar-refractivity contribution in [3.8, 4) is 0 Å². The molecule has 3 rings (SSSR count). The van der Waals surface area contributed by atoms with Crippen LogP contribution in [0.5, 0.6) is 0 Å². The molecule has 22 heavy (non-hydrogen) atoms. The van der Waals surface area contributed by atoms with Crippen LogP contribution < -0.4 is 5.32 Å². The van der Waals surface area contributed by atoms with Gasteiger partial charge >= 0.3 is 5.97 Å². The Kier molecular flexibility index (Phi) is 4.24. The van der Waals surface area contributed by atoms with Crippen molar-refractivity contribution in [1.29, 1.82) is 0 Å². The van der Waals surface area contributed by atoms with Gasteiger partial charge in [0.2, 0.25) is 0 Å². The summed E-state index contributed by atoms with van der Waals surface area (Å²) in [7, 11) is 0. The van der Waals surface area contributed by atoms with Gasteiger partial charge in [-0.15, -0.1) is 0 Å². The smallest absolute Gasteiger partial charge is 0.338 e. The molecule has 2 aromatic rings. The molecular weight excluding hydrogens is 278 g/mol. The molecule has 116 valence electrons. The Hall–Kier alpha value is -2.14. The highest BCUT2D eigenvalue weighted by Crippen LogP contribution is 2.27. The van der Waals surface area contributed by atoms with E-state index in [1.54, 1.807) is 6.08 Å². The fraction of sp³-hybridized carbons (Fsp3) is 0.412. The quantitative estimate of drug-likeness (QED) is 0.696. The number of carbonyl (C=O) groups excluding carboxylic acids is 1. The minimum absolute atomic E-state index is 0.222. The van der Waals surface area contributed by atoms with Gasteiger partial charge in [0.15, 0.2) is 0 Å². The normalized spacial score (nSPS) is 15.9. The Balaban J connectivity index is 1.94. The third kappa shape index (κ3) is 2.76. The van der Waals surface area contributed by atoms with Gasteiger partial charge in [-0.3, -0.25) is 0 Å². The van der Waals surface area contributed by atoms with Gasteiger partial charge < -0.3 is 14.6 Å². The Morgan fingerprint density at radius 3 is 3.00 bits per heavy atom. The number of ether oxygens (including phenoxy) is 1. The van der Waals surface area contributed by atoms with E-state index in [1.807, 2.05) is 25.1 Å². The highest BCUT2D eigenvalue weighted by atomic mass is 16.5. The maximum atomic E-state index is 11.9. The lowest BCUT2D eigenvalue weighted by atomic mass is 10.1. The standard InChI is InChI=1S/C17H21N3O2/c1-3-10-22-17(21)13-4-5-16-15(11-13)19-12(2)20(16)14-6-8-18-9-7-14/h3-5,11,14,18H,1,6-10H2,2H3. The summed E-state index contributed by atoms with van der Waals surface area (Å²) < 4.78 is 7.38. The second kappa shape index (κ2) is 6.32. The van der Waals surface area contributed by atoms with Crippen molar-refractivity contribution in [2.45, 2.75) is 25.8 Å². The predicted molar refractivity (Wildman–Crippen MR) is 86.1 cm³/mol. The zero-order chi connectivity index (χ0) is 15.5. The summed E-state index contributed by atoms with van der Waals surface area (Å²) >= 11 is 0. The number of nitrogens with zero attached hydrogens (tertiary/aromatic N) is 2. The minimum atomic E-state index is -0.337. The van der Waals surface area contributed by atoms with Gasteiger partial charge in [-0.2, -0.15) is 0 Å². The van der Waals surface area contributed by atoms with E-state index in [0.717, 1.165) is 42.8 Å². The summed E-state index contributed by atoms with van der Waals surface area (Å²) in [6.45, 7) is 7.87. The zero-order valence-corrected chi connectivity index (χ0v) is 12.8. The van der Waals surface area contributed by atoms with Crippen LogP contribution in [0.25, 0.3) is 11.0 Å². The summed E-state index contributed by atoms with van der Waals surface area (Å²) in [6, 6.07) is 6.07. The van der Waals surface area contributed by atoms with Crippen LogP contribution in [0.2, 0.25) is 0 Å². The van der Waals surface area contributed by atoms with Crippen LogP contribution in [-0.2, 0) is 4.74 Å². The van der Waals surface area contributed by atoms with Gasteiger partial charge in [-0.1, -0.05) is 12.7 Å². The number of esters is 1. The summed E-state index contributed by atoms with van der Waals surface area (Å²) in [4.78, 5) is 16.6. The van der Waals surface area contributed by atoms with Crippen molar-refractivity contribution in [2.24, 2.45) is 0 Å². The summed E-state index contributed by atoms with van der Waals surface area (Å²) in [5, 5.41) is 3.38. The third-order valence-corrected chi connectivity index (χ3v) is 4.11. The van der Waals surface area contributed by atoms with Crippen LogP contribution in [0.1, 0.15) is 35.1 Å². The summed E-state index contributed by atoms with van der Waals surface area (Å²) in [5.74, 6) is 0.661. The first kappa shape index (κ1) is 14.8. The molecule has 0 bridgehead atoms. The first-order chi connectivity index (χ1) is 10.7. The van der Waals surface area contributed by atoms with Crippen molar-refractivity contribution in [1.82, 2.24) is 14.9 Å². The van der Waals surface area contributed by atoms with Crippen LogP contribution in [0, 0.1) is 6.92 Å². The van der Waals surface area contributed by atoms with Crippen molar-refractivity contribution in [3.63, 3.8) is 0 Å². The minimum Gasteiger partial charge on any atom is -0.458 e. The topological polar surface area (TPSA) is 56.1 Å². The van der Waals surface area contributed by atoms with Crippen LogP contribution >= 0.6 is 0 Å². The highest BCUT2D eigenvalue weighted by molar-refractivity contribution is 5.93. The molecule has 0 spiro atoms. The average molecular weight is 299 g/mol. The third-order valence-electron chi connectivity index (χ3n) is 4.11. The molecule has 2 heterocycles. The fourth-order valence-electron chi connectivity index (χ4n) is 3.09. The van der Waals surface area contributed by atoms with E-state index in [-0.39, 0.29) is 12.6 Å². The lowest BCUT2D eigenvalue weighted by molar-refractivity contribution is 0.0550. The molecule has 0 atom stereocenters. The fourth-order valence-corrected chi connectivity index (χ4v) is 3.09. The maximum Gasteiger partial charge on any atom is 0.338 e. The molecule has 0 unspecified atom stereocenters. The van der Waals surface area contributed by atoms with Crippen LogP contribution in [0.3, 0.4) is 0 Å². The largest absolute Gasteiger partial charge is 0.458 e. The first-order valence-corrected chi connectivity index (χ1v) is 7.68. The molecule has 0 saturated carbocycles. The molecule has 0 amide bonds. The van der Waals surface area contributed by atoms with E-state index in [9.17, 15) is 4.79 Å². The summed E-state index contributed by atoms with van der Waals surface area (Å²) in [6.07, 6.45) is 3.78. The number of carbonyl (C=O) groups is 1. The van der Waals surface area contributed by atoms with E-state index in [1.165, 1.54) is 0 Å². The highest BCUT2D eigenvalue weighted by Gasteiger charge is 2.20. The van der Waals surface area contributed by atoms with Crippen LogP contribution in [0.15, 0.2) is 30.9 Å². The van der Waals surface area contributed by atoms with Crippen LogP contribution in [0.4, 0.5) is 0 Å². The number of fused-ring (bicyclic) bond motifs is 1. The number of aromatic nitrogens is 2. The van der Waals surface area contributed by atoms with Gasteiger partial charge in [0.25, 0.3) is 0 Å². The molecule has 1 fully saturated rings. The zero-order valence-electron chi connectivity index (χ0n) is 12.8. The average Bonchev–Trinajstić information content (AvgIpc) is 2.88. The molecule has 0 radical (unpaired) electrons. The molecular formula is C17H21N3O2. The second-order valence-corrected chi connectivity index (χ2v) is 5.60. The molecule has 5 nitrogen and oxygen atoms in total. The number of piperidine rings is 1. The maximum absolute atomic E-state index is 11.9. The van der Waals surface area contributed by atoms with Crippen molar-refractivity contribution in [3.05, 3.63) is 42.2 Å². The van der Waals surface area contributed by atoms with E-state index in [0.29, 0.717) is 11.6 Å². The molecule has 0 aliphatic carbocycles. The molecule has 1 aliphatic rings. The number of benzene rings is 1. The van der Waals surface area contributed by atoms with Gasteiger partial charge in [-0.25, -0.2) is 9.78 Å². The number of hydrogen-bond acceptors (Lipinski definition) is 4. The van der Waals surface area contributed by atoms with E-state index in [2.05, 4.69) is 21.4 Å². The Morgan fingerprint density at radius 2 is 2.27 bits per heavy atom. The van der Waals surface area contributed by atoms with Crippen molar-refractivity contribution >= 4 is 17.0 Å². The molecule has 1 aromatic heterocycles. The predicted octanol–water partition coefficient (Wildman–Crippen LogP) is 2.61. The summed E-state index contributed by atoms with van der Waals surface area (Å²) in [5.41, 5.74) is 2.47. The van der Waals surface area contributed by atoms with Gasteiger partial charge in [0, 0.05) is 6.04 Å². The van der Waals surface area contributed by atoms with Gasteiger partial charge in [0.05, 0.1) is 16.6 Å². The lowest BCUT2D eigenvalue weighted by Crippen LogP contribution is -2.29. The number of rotatable bonds is 4. The molecule has 1 N–H and O–H groups in total. The monoisotopic (exact) mass is 299 g/mol. The van der Waals surface area contributed by atoms with E-state index in [4.69, 9.17) is 4.74 Å². The molecule has 1 aliphatic heterocycles. The molecule has 1 aromatic carbocycles. The molecule has 1 saturated heterocycles. The number of nitrogens with one attached hydrogen (secondary N) is 1. The van der Waals surface area contributed by atoms with Crippen molar-refractivity contribution < 1.29 is 9.53 Å². The Labute approximate surface area is 130 Å². The number of imidazole rings is 1.